The molecule has 0 bridgehead atoms. The van der Waals surface area contributed by atoms with Crippen LogP contribution in [0, 0.1) is 5.82 Å². The lowest BCUT2D eigenvalue weighted by Crippen LogP contribution is -2.37. The highest BCUT2D eigenvalue weighted by molar-refractivity contribution is 5.76. The van der Waals surface area contributed by atoms with Crippen molar-refractivity contribution in [1.82, 2.24) is 10.2 Å². The minimum Gasteiger partial charge on any atom is -0.354 e. The zero-order valence-corrected chi connectivity index (χ0v) is 11.3. The van der Waals surface area contributed by atoms with E-state index < -0.39 is 0 Å². The van der Waals surface area contributed by atoms with Crippen molar-refractivity contribution < 1.29 is 14.0 Å². The summed E-state index contributed by atoms with van der Waals surface area (Å²) in [6.07, 6.45) is 0.410. The normalized spacial score (nSPS) is 10.1. The van der Waals surface area contributed by atoms with E-state index in [1.54, 1.807) is 25.1 Å². The second kappa shape index (κ2) is 7.51. The lowest BCUT2D eigenvalue weighted by Gasteiger charge is -2.21. The van der Waals surface area contributed by atoms with Gasteiger partial charge in [0.2, 0.25) is 11.8 Å². The Kier molecular flexibility index (Phi) is 5.99. The molecule has 1 N–H and O–H groups in total. The monoisotopic (exact) mass is 266 g/mol. The summed E-state index contributed by atoms with van der Waals surface area (Å²) in [5.41, 5.74) is 0.472. The van der Waals surface area contributed by atoms with Crippen molar-refractivity contribution in [2.45, 2.75) is 26.8 Å². The molecule has 1 aromatic carbocycles. The van der Waals surface area contributed by atoms with Crippen molar-refractivity contribution in [3.8, 4) is 0 Å². The molecule has 0 aromatic heterocycles. The van der Waals surface area contributed by atoms with Crippen LogP contribution in [-0.4, -0.2) is 29.8 Å². The molecule has 0 atom stereocenters. The van der Waals surface area contributed by atoms with Crippen LogP contribution in [0.1, 0.15) is 25.8 Å². The van der Waals surface area contributed by atoms with Gasteiger partial charge in [-0.2, -0.15) is 0 Å². The second-order valence-electron chi connectivity index (χ2n) is 4.24. The van der Waals surface area contributed by atoms with E-state index in [0.717, 1.165) is 0 Å². The third-order valence-electron chi connectivity index (χ3n) is 2.79. The maximum Gasteiger partial charge on any atom is 0.219 e. The Bertz CT molecular complexity index is 449. The molecule has 0 fully saturated rings. The van der Waals surface area contributed by atoms with E-state index in [-0.39, 0.29) is 24.2 Å². The fraction of sp³-hybridized carbons (Fsp3) is 0.429. The summed E-state index contributed by atoms with van der Waals surface area (Å²) in [6, 6.07) is 6.36. The average molecular weight is 266 g/mol. The summed E-state index contributed by atoms with van der Waals surface area (Å²) >= 11 is 0. The fourth-order valence-corrected chi connectivity index (χ4v) is 1.64. The first kappa shape index (κ1) is 15.1. The van der Waals surface area contributed by atoms with E-state index in [4.69, 9.17) is 0 Å². The van der Waals surface area contributed by atoms with Gasteiger partial charge in [0.05, 0.1) is 0 Å². The molecule has 0 unspecified atom stereocenters. The largest absolute Gasteiger partial charge is 0.354 e. The predicted octanol–water partition coefficient (Wildman–Crippen LogP) is 1.70. The van der Waals surface area contributed by atoms with Crippen LogP contribution >= 0.6 is 0 Å². The molecule has 0 spiro atoms. The van der Waals surface area contributed by atoms with Crippen LogP contribution in [-0.2, 0) is 16.1 Å². The molecule has 0 heterocycles. The number of rotatable bonds is 6. The van der Waals surface area contributed by atoms with Gasteiger partial charge in [0.15, 0.2) is 0 Å². The Morgan fingerprint density at radius 3 is 2.58 bits per heavy atom. The van der Waals surface area contributed by atoms with Gasteiger partial charge in [0, 0.05) is 38.5 Å². The molecule has 4 nitrogen and oxygen atoms in total. The molecule has 0 radical (unpaired) electrons. The first-order valence-corrected chi connectivity index (χ1v) is 6.30. The van der Waals surface area contributed by atoms with Crippen molar-refractivity contribution in [3.63, 3.8) is 0 Å². The Labute approximate surface area is 112 Å². The number of hydrogen-bond donors (Lipinski definition) is 1. The average Bonchev–Trinajstić information content (AvgIpc) is 2.39. The highest BCUT2D eigenvalue weighted by Gasteiger charge is 2.11. The lowest BCUT2D eigenvalue weighted by molar-refractivity contribution is -0.130. The zero-order valence-electron chi connectivity index (χ0n) is 11.3. The standard InChI is InChI=1S/C14H19FN2O2/c1-3-14(19)16-8-9-17(11(2)18)10-12-6-4-5-7-13(12)15/h4-7H,3,8-10H2,1-2H3,(H,16,19). The number of carbonyl (C=O) groups excluding carboxylic acids is 2. The van der Waals surface area contributed by atoms with E-state index >= 15 is 0 Å². The first-order valence-electron chi connectivity index (χ1n) is 6.30. The Morgan fingerprint density at radius 1 is 1.32 bits per heavy atom. The summed E-state index contributed by atoms with van der Waals surface area (Å²) in [5.74, 6) is -0.533. The Balaban J connectivity index is 2.56. The third kappa shape index (κ3) is 5.07. The van der Waals surface area contributed by atoms with Gasteiger partial charge in [0.25, 0.3) is 0 Å². The van der Waals surface area contributed by atoms with E-state index in [9.17, 15) is 14.0 Å². The Morgan fingerprint density at radius 2 is 2.00 bits per heavy atom. The highest BCUT2D eigenvalue weighted by Crippen LogP contribution is 2.09. The fourth-order valence-electron chi connectivity index (χ4n) is 1.64. The van der Waals surface area contributed by atoms with E-state index in [2.05, 4.69) is 5.32 Å². The van der Waals surface area contributed by atoms with Crippen LogP contribution in [0.3, 0.4) is 0 Å². The van der Waals surface area contributed by atoms with Crippen LogP contribution < -0.4 is 5.32 Å². The highest BCUT2D eigenvalue weighted by atomic mass is 19.1. The first-order chi connectivity index (χ1) is 9.04. The molecule has 19 heavy (non-hydrogen) atoms. The molecular weight excluding hydrogens is 247 g/mol. The molecule has 0 saturated carbocycles. The second-order valence-corrected chi connectivity index (χ2v) is 4.24. The molecule has 0 aliphatic carbocycles. The number of halogens is 1. The predicted molar refractivity (Wildman–Crippen MR) is 70.8 cm³/mol. The molecule has 2 amide bonds. The summed E-state index contributed by atoms with van der Waals surface area (Å²) < 4.78 is 13.5. The van der Waals surface area contributed by atoms with E-state index in [1.165, 1.54) is 17.9 Å². The molecular formula is C14H19FN2O2. The van der Waals surface area contributed by atoms with Crippen LogP contribution in [0.5, 0.6) is 0 Å². The van der Waals surface area contributed by atoms with Crippen LogP contribution in [0.2, 0.25) is 0 Å². The zero-order chi connectivity index (χ0) is 14.3. The van der Waals surface area contributed by atoms with Crippen molar-refractivity contribution in [2.24, 2.45) is 0 Å². The van der Waals surface area contributed by atoms with Crippen molar-refractivity contribution in [1.29, 1.82) is 0 Å². The molecule has 1 aromatic rings. The summed E-state index contributed by atoms with van der Waals surface area (Å²) in [7, 11) is 0. The molecule has 0 aliphatic heterocycles. The van der Waals surface area contributed by atoms with Gasteiger partial charge in [-0.25, -0.2) is 4.39 Å². The van der Waals surface area contributed by atoms with Gasteiger partial charge < -0.3 is 10.2 Å². The number of nitrogens with zero attached hydrogens (tertiary/aromatic N) is 1. The van der Waals surface area contributed by atoms with Gasteiger partial charge in [-0.3, -0.25) is 9.59 Å². The van der Waals surface area contributed by atoms with Crippen LogP contribution in [0.25, 0.3) is 0 Å². The van der Waals surface area contributed by atoms with Crippen molar-refractivity contribution in [2.75, 3.05) is 13.1 Å². The SMILES string of the molecule is CCC(=O)NCCN(Cc1ccccc1F)C(C)=O. The van der Waals surface area contributed by atoms with Crippen LogP contribution in [0.15, 0.2) is 24.3 Å². The Hall–Kier alpha value is -1.91. The number of carbonyl (C=O) groups is 2. The smallest absolute Gasteiger partial charge is 0.219 e. The van der Waals surface area contributed by atoms with Gasteiger partial charge in [-0.15, -0.1) is 0 Å². The van der Waals surface area contributed by atoms with Crippen LogP contribution in [0.4, 0.5) is 4.39 Å². The quantitative estimate of drug-likeness (QED) is 0.852. The summed E-state index contributed by atoms with van der Waals surface area (Å²) in [5, 5.41) is 2.69. The summed E-state index contributed by atoms with van der Waals surface area (Å²) in [6.45, 7) is 4.15. The molecule has 0 saturated heterocycles. The number of benzene rings is 1. The molecule has 1 rings (SSSR count). The summed E-state index contributed by atoms with van der Waals surface area (Å²) in [4.78, 5) is 24.1. The minimum atomic E-state index is -0.327. The molecule has 0 aliphatic rings. The van der Waals surface area contributed by atoms with Gasteiger partial charge in [-0.05, 0) is 6.07 Å². The van der Waals surface area contributed by atoms with Gasteiger partial charge in [-0.1, -0.05) is 25.1 Å². The van der Waals surface area contributed by atoms with E-state index in [1.807, 2.05) is 0 Å². The minimum absolute atomic E-state index is 0.0607. The number of amides is 2. The maximum atomic E-state index is 13.5. The molecule has 5 heteroatoms. The van der Waals surface area contributed by atoms with Gasteiger partial charge >= 0.3 is 0 Å². The lowest BCUT2D eigenvalue weighted by atomic mass is 10.2. The van der Waals surface area contributed by atoms with Crippen molar-refractivity contribution in [3.05, 3.63) is 35.6 Å². The van der Waals surface area contributed by atoms with E-state index in [0.29, 0.717) is 25.1 Å². The third-order valence-corrected chi connectivity index (χ3v) is 2.79. The van der Waals surface area contributed by atoms with Gasteiger partial charge in [0.1, 0.15) is 5.82 Å². The van der Waals surface area contributed by atoms with Crippen molar-refractivity contribution >= 4 is 11.8 Å². The maximum absolute atomic E-state index is 13.5. The topological polar surface area (TPSA) is 49.4 Å². The number of nitrogens with one attached hydrogen (secondary N) is 1. The number of hydrogen-bond acceptors (Lipinski definition) is 2. The molecule has 104 valence electrons.